The molecule has 0 aliphatic carbocycles. The number of aromatic nitrogens is 2. The monoisotopic (exact) mass is 357 g/mol. The van der Waals surface area contributed by atoms with Gasteiger partial charge >= 0.3 is 0 Å². The van der Waals surface area contributed by atoms with E-state index >= 15 is 0 Å². The summed E-state index contributed by atoms with van der Waals surface area (Å²) in [5, 5.41) is 3.19. The van der Waals surface area contributed by atoms with Crippen LogP contribution in [-0.4, -0.2) is 28.4 Å². The first-order chi connectivity index (χ1) is 12.1. The lowest BCUT2D eigenvalue weighted by atomic mass is 10.1. The van der Waals surface area contributed by atoms with E-state index < -0.39 is 0 Å². The van der Waals surface area contributed by atoms with Crippen LogP contribution in [0.1, 0.15) is 6.92 Å². The Balaban J connectivity index is 2.14. The third-order valence-electron chi connectivity index (χ3n) is 3.55. The quantitative estimate of drug-likeness (QED) is 0.687. The number of para-hydroxylation sites is 1. The van der Waals surface area contributed by atoms with Crippen molar-refractivity contribution in [3.63, 3.8) is 0 Å². The number of fused-ring (bicyclic) bond motifs is 1. The van der Waals surface area contributed by atoms with E-state index in [0.717, 1.165) is 0 Å². The molecule has 1 aromatic heterocycles. The number of amides is 1. The van der Waals surface area contributed by atoms with Crippen LogP contribution in [0.3, 0.4) is 0 Å². The lowest BCUT2D eigenvalue weighted by Gasteiger charge is -2.12. The molecule has 0 radical (unpaired) electrons. The van der Waals surface area contributed by atoms with Gasteiger partial charge in [0.1, 0.15) is 17.5 Å². The first-order valence-corrected chi connectivity index (χ1v) is 8.28. The fourth-order valence-electron chi connectivity index (χ4n) is 2.48. The van der Waals surface area contributed by atoms with Gasteiger partial charge in [-0.3, -0.25) is 9.59 Å². The van der Waals surface area contributed by atoms with E-state index in [2.05, 4.69) is 15.3 Å². The number of carbonyl (C=O) groups excluding carboxylic acids is 1. The number of aromatic amines is 1. The molecule has 1 heterocycles. The van der Waals surface area contributed by atoms with Crippen molar-refractivity contribution in [3.05, 3.63) is 52.8 Å². The first-order valence-electron chi connectivity index (χ1n) is 7.74. The second-order valence-corrected chi connectivity index (χ2v) is 5.52. The van der Waals surface area contributed by atoms with Gasteiger partial charge in [0.2, 0.25) is 5.91 Å². The minimum absolute atomic E-state index is 0.145. The summed E-state index contributed by atoms with van der Waals surface area (Å²) in [4.78, 5) is 31.1. The molecular weight excluding hydrogens is 342 g/mol. The van der Waals surface area contributed by atoms with Gasteiger partial charge < -0.3 is 15.0 Å². The normalized spacial score (nSPS) is 10.6. The third kappa shape index (κ3) is 3.64. The molecule has 7 heteroatoms. The van der Waals surface area contributed by atoms with Gasteiger partial charge in [0.15, 0.2) is 0 Å². The Kier molecular flexibility index (Phi) is 5.00. The van der Waals surface area contributed by atoms with Crippen molar-refractivity contribution in [2.45, 2.75) is 6.92 Å². The molecule has 0 saturated carbocycles. The summed E-state index contributed by atoms with van der Waals surface area (Å²) in [7, 11) is 0. The zero-order valence-electron chi connectivity index (χ0n) is 13.5. The highest BCUT2D eigenvalue weighted by Gasteiger charge is 2.13. The standard InChI is InChI=1S/C18H16ClN3O3/c1-2-25-15-8-7-11(20-16(23)10-19)9-13(15)17-21-14-6-4-3-5-12(14)18(24)22-17/h3-9H,2,10H2,1H3,(H,20,23)(H,21,22,24). The van der Waals surface area contributed by atoms with Crippen molar-refractivity contribution < 1.29 is 9.53 Å². The van der Waals surface area contributed by atoms with E-state index in [4.69, 9.17) is 16.3 Å². The van der Waals surface area contributed by atoms with Gasteiger partial charge in [0, 0.05) is 5.69 Å². The number of nitrogens with zero attached hydrogens (tertiary/aromatic N) is 1. The molecule has 0 saturated heterocycles. The number of benzene rings is 2. The maximum absolute atomic E-state index is 12.3. The summed E-state index contributed by atoms with van der Waals surface area (Å²) in [5.74, 6) is 0.462. The molecule has 0 unspecified atom stereocenters. The number of anilines is 1. The topological polar surface area (TPSA) is 84.1 Å². The van der Waals surface area contributed by atoms with Crippen molar-refractivity contribution in [3.8, 4) is 17.1 Å². The number of hydrogen-bond donors (Lipinski definition) is 2. The van der Waals surface area contributed by atoms with E-state index in [0.29, 0.717) is 40.3 Å². The van der Waals surface area contributed by atoms with Crippen LogP contribution in [0.15, 0.2) is 47.3 Å². The van der Waals surface area contributed by atoms with Crippen molar-refractivity contribution in [1.29, 1.82) is 0 Å². The van der Waals surface area contributed by atoms with E-state index in [1.807, 2.05) is 13.0 Å². The Morgan fingerprint density at radius 3 is 2.84 bits per heavy atom. The fraction of sp³-hybridized carbons (Fsp3) is 0.167. The average molecular weight is 358 g/mol. The SMILES string of the molecule is CCOc1ccc(NC(=O)CCl)cc1-c1nc2ccccc2c(=O)[nH]1. The minimum Gasteiger partial charge on any atom is -0.493 e. The van der Waals surface area contributed by atoms with Gasteiger partial charge in [-0.05, 0) is 37.3 Å². The summed E-state index contributed by atoms with van der Waals surface area (Å²) in [5.41, 5.74) is 1.47. The summed E-state index contributed by atoms with van der Waals surface area (Å²) in [6.45, 7) is 2.32. The van der Waals surface area contributed by atoms with Crippen LogP contribution in [0.25, 0.3) is 22.3 Å². The Morgan fingerprint density at radius 2 is 2.08 bits per heavy atom. The van der Waals surface area contributed by atoms with Crippen LogP contribution in [-0.2, 0) is 4.79 Å². The van der Waals surface area contributed by atoms with Gasteiger partial charge in [0.25, 0.3) is 5.56 Å². The Bertz CT molecular complexity index is 985. The number of hydrogen-bond acceptors (Lipinski definition) is 4. The summed E-state index contributed by atoms with van der Waals surface area (Å²) < 4.78 is 5.63. The van der Waals surface area contributed by atoms with Crippen LogP contribution in [0, 0.1) is 0 Å². The first kappa shape index (κ1) is 17.0. The highest BCUT2D eigenvalue weighted by molar-refractivity contribution is 6.29. The lowest BCUT2D eigenvalue weighted by Crippen LogP contribution is -2.13. The van der Waals surface area contributed by atoms with Crippen molar-refractivity contribution >= 4 is 34.1 Å². The van der Waals surface area contributed by atoms with Gasteiger partial charge in [-0.15, -0.1) is 11.6 Å². The van der Waals surface area contributed by atoms with Crippen LogP contribution in [0.2, 0.25) is 0 Å². The number of ether oxygens (including phenoxy) is 1. The highest BCUT2D eigenvalue weighted by Crippen LogP contribution is 2.31. The molecule has 2 N–H and O–H groups in total. The van der Waals surface area contributed by atoms with E-state index in [-0.39, 0.29) is 17.3 Å². The molecule has 2 aromatic carbocycles. The number of carbonyl (C=O) groups is 1. The van der Waals surface area contributed by atoms with Gasteiger partial charge in [-0.2, -0.15) is 0 Å². The second kappa shape index (κ2) is 7.36. The molecule has 0 fully saturated rings. The van der Waals surface area contributed by atoms with Crippen LogP contribution >= 0.6 is 11.6 Å². The second-order valence-electron chi connectivity index (χ2n) is 5.26. The van der Waals surface area contributed by atoms with Crippen LogP contribution < -0.4 is 15.6 Å². The zero-order valence-corrected chi connectivity index (χ0v) is 14.3. The van der Waals surface area contributed by atoms with E-state index in [1.165, 1.54) is 0 Å². The maximum Gasteiger partial charge on any atom is 0.259 e. The summed E-state index contributed by atoms with van der Waals surface area (Å²) >= 11 is 5.53. The number of rotatable bonds is 5. The molecule has 3 aromatic rings. The molecule has 0 atom stereocenters. The molecule has 128 valence electrons. The van der Waals surface area contributed by atoms with Crippen molar-refractivity contribution in [1.82, 2.24) is 9.97 Å². The highest BCUT2D eigenvalue weighted by atomic mass is 35.5. The molecule has 3 rings (SSSR count). The fourth-order valence-corrected chi connectivity index (χ4v) is 2.55. The minimum atomic E-state index is -0.322. The molecule has 0 aliphatic heterocycles. The van der Waals surface area contributed by atoms with E-state index in [1.54, 1.807) is 36.4 Å². The average Bonchev–Trinajstić information content (AvgIpc) is 2.63. The largest absolute Gasteiger partial charge is 0.493 e. The van der Waals surface area contributed by atoms with E-state index in [9.17, 15) is 9.59 Å². The summed E-state index contributed by atoms with van der Waals surface area (Å²) in [6.07, 6.45) is 0. The zero-order chi connectivity index (χ0) is 17.8. The molecular formula is C18H16ClN3O3. The molecule has 0 aliphatic rings. The Morgan fingerprint density at radius 1 is 1.28 bits per heavy atom. The lowest BCUT2D eigenvalue weighted by molar-refractivity contribution is -0.113. The number of halogens is 1. The van der Waals surface area contributed by atoms with Gasteiger partial charge in [-0.1, -0.05) is 12.1 Å². The predicted molar refractivity (Wildman–Crippen MR) is 98.3 cm³/mol. The van der Waals surface area contributed by atoms with Crippen molar-refractivity contribution in [2.75, 3.05) is 17.8 Å². The van der Waals surface area contributed by atoms with Crippen LogP contribution in [0.4, 0.5) is 5.69 Å². The number of H-pyrrole nitrogens is 1. The number of nitrogens with one attached hydrogen (secondary N) is 2. The van der Waals surface area contributed by atoms with Gasteiger partial charge in [-0.25, -0.2) is 4.98 Å². The van der Waals surface area contributed by atoms with Crippen LogP contribution in [0.5, 0.6) is 5.75 Å². The predicted octanol–water partition coefficient (Wildman–Crippen LogP) is 3.17. The van der Waals surface area contributed by atoms with Gasteiger partial charge in [0.05, 0.1) is 23.1 Å². The molecule has 0 spiro atoms. The smallest absolute Gasteiger partial charge is 0.259 e. The maximum atomic E-state index is 12.3. The third-order valence-corrected chi connectivity index (χ3v) is 3.80. The summed E-state index contributed by atoms with van der Waals surface area (Å²) in [6, 6.07) is 12.2. The molecule has 0 bridgehead atoms. The molecule has 1 amide bonds. The Hall–Kier alpha value is -2.86. The van der Waals surface area contributed by atoms with Crippen molar-refractivity contribution in [2.24, 2.45) is 0 Å². The molecule has 6 nitrogen and oxygen atoms in total. The number of alkyl halides is 1. The molecule has 25 heavy (non-hydrogen) atoms. The Labute approximate surface area is 148 Å².